The lowest BCUT2D eigenvalue weighted by molar-refractivity contribution is -0.137. The molecule has 0 fully saturated rings. The molecule has 0 saturated carbocycles. The number of nitriles is 1. The number of alkyl halides is 3. The van der Waals surface area contributed by atoms with Crippen LogP contribution >= 0.6 is 0 Å². The number of nitrogens with one attached hydrogen (secondary N) is 1. The van der Waals surface area contributed by atoms with Crippen LogP contribution in [0.3, 0.4) is 0 Å². The number of unbranched alkanes of at least 4 members (excludes halogenated alkanes) is 1. The molecule has 110 valence electrons. The third-order valence-electron chi connectivity index (χ3n) is 3.01. The highest BCUT2D eigenvalue weighted by atomic mass is 19.4. The molecule has 3 nitrogen and oxygen atoms in total. The fourth-order valence-electron chi connectivity index (χ4n) is 1.91. The van der Waals surface area contributed by atoms with Crippen molar-refractivity contribution in [1.82, 2.24) is 0 Å². The normalized spacial score (nSPS) is 12.8. The first kappa shape index (κ1) is 16.3. The summed E-state index contributed by atoms with van der Waals surface area (Å²) in [5.41, 5.74) is 4.82. The van der Waals surface area contributed by atoms with Gasteiger partial charge in [0.2, 0.25) is 0 Å². The number of nitrogens with zero attached hydrogens (tertiary/aromatic N) is 1. The minimum absolute atomic E-state index is 0.00164. The summed E-state index contributed by atoms with van der Waals surface area (Å²) < 4.78 is 38.0. The zero-order valence-corrected chi connectivity index (χ0v) is 11.3. The second kappa shape index (κ2) is 7.15. The van der Waals surface area contributed by atoms with Gasteiger partial charge in [-0.3, -0.25) is 0 Å². The number of rotatable bonds is 6. The Morgan fingerprint density at radius 1 is 1.40 bits per heavy atom. The maximum Gasteiger partial charge on any atom is 0.417 e. The monoisotopic (exact) mass is 285 g/mol. The van der Waals surface area contributed by atoms with E-state index >= 15 is 0 Å². The number of benzene rings is 1. The minimum Gasteiger partial charge on any atom is -0.381 e. The Morgan fingerprint density at radius 3 is 2.60 bits per heavy atom. The van der Waals surface area contributed by atoms with Crippen LogP contribution in [0.5, 0.6) is 0 Å². The zero-order valence-electron chi connectivity index (χ0n) is 11.3. The molecule has 1 aromatic rings. The molecule has 0 aliphatic rings. The predicted octanol–water partition coefficient (Wildman–Crippen LogP) is 3.51. The smallest absolute Gasteiger partial charge is 0.381 e. The largest absolute Gasteiger partial charge is 0.417 e. The van der Waals surface area contributed by atoms with E-state index in [1.54, 1.807) is 6.07 Å². The molecule has 0 radical (unpaired) electrons. The third-order valence-corrected chi connectivity index (χ3v) is 3.01. The molecular weight excluding hydrogens is 267 g/mol. The first-order valence-corrected chi connectivity index (χ1v) is 6.50. The summed E-state index contributed by atoms with van der Waals surface area (Å²) in [6, 6.07) is 5.06. The van der Waals surface area contributed by atoms with E-state index in [1.807, 2.05) is 0 Å². The fraction of sp³-hybridized carbons (Fsp3) is 0.500. The molecule has 0 aliphatic heterocycles. The summed E-state index contributed by atoms with van der Waals surface area (Å²) in [5, 5.41) is 11.9. The number of halogens is 3. The SMILES string of the molecule is CCCCC(CN)Nc1ccc(C(F)(F)F)c(C#N)c1. The molecule has 0 amide bonds. The van der Waals surface area contributed by atoms with E-state index in [0.717, 1.165) is 25.3 Å². The van der Waals surface area contributed by atoms with Crippen LogP contribution in [0, 0.1) is 11.3 Å². The Bertz CT molecular complexity index is 478. The van der Waals surface area contributed by atoms with Crippen LogP contribution in [-0.2, 0) is 6.18 Å². The van der Waals surface area contributed by atoms with Crippen LogP contribution in [0.1, 0.15) is 37.3 Å². The van der Waals surface area contributed by atoms with E-state index in [4.69, 9.17) is 11.0 Å². The average Bonchev–Trinajstić information content (AvgIpc) is 2.41. The Balaban J connectivity index is 2.91. The Kier molecular flexibility index (Phi) is 5.83. The molecule has 6 heteroatoms. The minimum atomic E-state index is -4.51. The lowest BCUT2D eigenvalue weighted by Crippen LogP contribution is -2.28. The topological polar surface area (TPSA) is 61.8 Å². The van der Waals surface area contributed by atoms with Gasteiger partial charge in [0.25, 0.3) is 0 Å². The van der Waals surface area contributed by atoms with Crippen molar-refractivity contribution in [2.45, 2.75) is 38.4 Å². The van der Waals surface area contributed by atoms with Crippen molar-refractivity contribution in [3.63, 3.8) is 0 Å². The Morgan fingerprint density at radius 2 is 2.10 bits per heavy atom. The van der Waals surface area contributed by atoms with Crippen molar-refractivity contribution >= 4 is 5.69 Å². The van der Waals surface area contributed by atoms with E-state index < -0.39 is 11.7 Å². The van der Waals surface area contributed by atoms with Gasteiger partial charge < -0.3 is 11.1 Å². The van der Waals surface area contributed by atoms with Gasteiger partial charge >= 0.3 is 6.18 Å². The molecule has 0 aliphatic carbocycles. The molecule has 1 aromatic carbocycles. The lowest BCUT2D eigenvalue weighted by Gasteiger charge is -2.19. The second-order valence-electron chi connectivity index (χ2n) is 4.59. The van der Waals surface area contributed by atoms with Crippen LogP contribution < -0.4 is 11.1 Å². The van der Waals surface area contributed by atoms with Gasteiger partial charge in [-0.25, -0.2) is 0 Å². The quantitative estimate of drug-likeness (QED) is 0.840. The van der Waals surface area contributed by atoms with Crippen LogP contribution in [-0.4, -0.2) is 12.6 Å². The Labute approximate surface area is 116 Å². The van der Waals surface area contributed by atoms with E-state index in [9.17, 15) is 13.2 Å². The molecule has 1 atom stereocenters. The Hall–Kier alpha value is -1.74. The highest BCUT2D eigenvalue weighted by Gasteiger charge is 2.33. The van der Waals surface area contributed by atoms with Crippen molar-refractivity contribution in [3.8, 4) is 6.07 Å². The van der Waals surface area contributed by atoms with Gasteiger partial charge in [-0.05, 0) is 24.6 Å². The third kappa shape index (κ3) is 4.42. The number of nitrogens with two attached hydrogens (primary N) is 1. The molecule has 0 heterocycles. The van der Waals surface area contributed by atoms with E-state index in [2.05, 4.69) is 12.2 Å². The summed E-state index contributed by atoms with van der Waals surface area (Å²) in [6.45, 7) is 2.45. The fourth-order valence-corrected chi connectivity index (χ4v) is 1.91. The summed E-state index contributed by atoms with van der Waals surface area (Å²) in [6.07, 6.45) is -1.66. The average molecular weight is 285 g/mol. The highest BCUT2D eigenvalue weighted by molar-refractivity contribution is 5.54. The molecule has 0 spiro atoms. The van der Waals surface area contributed by atoms with E-state index in [0.29, 0.717) is 12.2 Å². The summed E-state index contributed by atoms with van der Waals surface area (Å²) in [7, 11) is 0. The van der Waals surface area contributed by atoms with Crippen molar-refractivity contribution in [3.05, 3.63) is 29.3 Å². The van der Waals surface area contributed by atoms with E-state index in [-0.39, 0.29) is 11.6 Å². The molecule has 1 unspecified atom stereocenters. The molecular formula is C14H18F3N3. The molecule has 20 heavy (non-hydrogen) atoms. The number of anilines is 1. The zero-order chi connectivity index (χ0) is 15.2. The highest BCUT2D eigenvalue weighted by Crippen LogP contribution is 2.33. The first-order chi connectivity index (χ1) is 9.42. The van der Waals surface area contributed by atoms with Crippen LogP contribution in [0.2, 0.25) is 0 Å². The van der Waals surface area contributed by atoms with Gasteiger partial charge in [-0.2, -0.15) is 18.4 Å². The molecule has 0 saturated heterocycles. The van der Waals surface area contributed by atoms with Crippen LogP contribution in [0.15, 0.2) is 18.2 Å². The van der Waals surface area contributed by atoms with Crippen molar-refractivity contribution in [1.29, 1.82) is 5.26 Å². The summed E-state index contributed by atoms with van der Waals surface area (Å²) >= 11 is 0. The number of hydrogen-bond acceptors (Lipinski definition) is 3. The van der Waals surface area contributed by atoms with Gasteiger partial charge in [0.15, 0.2) is 0 Å². The summed E-state index contributed by atoms with van der Waals surface area (Å²) in [4.78, 5) is 0. The predicted molar refractivity (Wildman–Crippen MR) is 72.1 cm³/mol. The molecule has 1 rings (SSSR count). The number of hydrogen-bond donors (Lipinski definition) is 2. The maximum atomic E-state index is 12.7. The standard InChI is InChI=1S/C14H18F3N3/c1-2-3-4-12(9-19)20-11-5-6-13(14(15,16)17)10(7-11)8-18/h5-7,12,20H,2-4,9,19H2,1H3. The first-order valence-electron chi connectivity index (χ1n) is 6.50. The van der Waals surface area contributed by atoms with Crippen LogP contribution in [0.25, 0.3) is 0 Å². The summed E-state index contributed by atoms with van der Waals surface area (Å²) in [5.74, 6) is 0. The van der Waals surface area contributed by atoms with Gasteiger partial charge in [0, 0.05) is 18.3 Å². The van der Waals surface area contributed by atoms with E-state index in [1.165, 1.54) is 12.1 Å². The molecule has 0 bridgehead atoms. The van der Waals surface area contributed by atoms with Gasteiger partial charge in [0.1, 0.15) is 0 Å². The second-order valence-corrected chi connectivity index (χ2v) is 4.59. The molecule has 0 aromatic heterocycles. The van der Waals surface area contributed by atoms with Gasteiger partial charge in [-0.15, -0.1) is 0 Å². The van der Waals surface area contributed by atoms with Gasteiger partial charge in [0.05, 0.1) is 17.2 Å². The van der Waals surface area contributed by atoms with Crippen LogP contribution in [0.4, 0.5) is 18.9 Å². The molecule has 3 N–H and O–H groups in total. The van der Waals surface area contributed by atoms with Crippen molar-refractivity contribution in [2.75, 3.05) is 11.9 Å². The maximum absolute atomic E-state index is 12.7. The lowest BCUT2D eigenvalue weighted by atomic mass is 10.1. The van der Waals surface area contributed by atoms with Gasteiger partial charge in [-0.1, -0.05) is 19.8 Å². The van der Waals surface area contributed by atoms with Crippen molar-refractivity contribution < 1.29 is 13.2 Å². The van der Waals surface area contributed by atoms with Crippen molar-refractivity contribution in [2.24, 2.45) is 5.73 Å².